The van der Waals surface area contributed by atoms with Gasteiger partial charge in [-0.1, -0.05) is 19.9 Å². The van der Waals surface area contributed by atoms with Crippen molar-refractivity contribution in [1.29, 1.82) is 0 Å². The molecule has 0 saturated heterocycles. The number of rotatable bonds is 4. The highest BCUT2D eigenvalue weighted by atomic mass is 19.1. The average molecular weight is 288 g/mol. The summed E-state index contributed by atoms with van der Waals surface area (Å²) in [4.78, 5) is 9.03. The van der Waals surface area contributed by atoms with Gasteiger partial charge in [0, 0.05) is 24.2 Å². The van der Waals surface area contributed by atoms with Crippen molar-refractivity contribution >= 4 is 17.3 Å². The van der Waals surface area contributed by atoms with Gasteiger partial charge in [0.1, 0.15) is 23.3 Å². The predicted octanol–water partition coefficient (Wildman–Crippen LogP) is 4.14. The smallest absolute Gasteiger partial charge is 0.139 e. The molecule has 0 amide bonds. The Morgan fingerprint density at radius 1 is 1.10 bits per heavy atom. The molecule has 5 heteroatoms. The first kappa shape index (κ1) is 15.2. The van der Waals surface area contributed by atoms with Gasteiger partial charge in [-0.05, 0) is 31.5 Å². The molecule has 0 atom stereocenters. The number of aryl methyl sites for hydroxylation is 1. The lowest BCUT2D eigenvalue weighted by Crippen LogP contribution is -2.08. The minimum atomic E-state index is -0.232. The summed E-state index contributed by atoms with van der Waals surface area (Å²) < 4.78 is 13.7. The van der Waals surface area contributed by atoms with Crippen LogP contribution in [-0.4, -0.2) is 17.0 Å². The number of benzene rings is 1. The maximum atomic E-state index is 13.7. The first-order chi connectivity index (χ1) is 9.92. The van der Waals surface area contributed by atoms with Crippen LogP contribution in [-0.2, 0) is 0 Å². The Morgan fingerprint density at radius 2 is 1.76 bits per heavy atom. The molecule has 0 spiro atoms. The van der Waals surface area contributed by atoms with Crippen LogP contribution >= 0.6 is 0 Å². The third kappa shape index (κ3) is 3.29. The van der Waals surface area contributed by atoms with E-state index in [0.29, 0.717) is 17.1 Å². The lowest BCUT2D eigenvalue weighted by molar-refractivity contribution is 0.619. The van der Waals surface area contributed by atoms with Crippen LogP contribution in [0.2, 0.25) is 0 Å². The van der Waals surface area contributed by atoms with E-state index in [1.165, 1.54) is 6.07 Å². The van der Waals surface area contributed by atoms with Gasteiger partial charge >= 0.3 is 0 Å². The zero-order valence-corrected chi connectivity index (χ0v) is 13.1. The van der Waals surface area contributed by atoms with Crippen molar-refractivity contribution < 1.29 is 4.39 Å². The molecule has 4 nitrogen and oxygen atoms in total. The molecule has 2 aromatic rings. The Bertz CT molecular complexity index is 653. The van der Waals surface area contributed by atoms with Gasteiger partial charge < -0.3 is 10.6 Å². The standard InChI is InChI=1S/C16H21FN4/c1-9(2)14-20-15(18-5)11(4)16(21-14)19-12-7-6-10(3)13(17)8-12/h6-9H,1-5H3,(H2,18,19,20,21). The Balaban J connectivity index is 2.42. The zero-order valence-electron chi connectivity index (χ0n) is 13.1. The van der Waals surface area contributed by atoms with Crippen molar-refractivity contribution in [2.45, 2.75) is 33.6 Å². The van der Waals surface area contributed by atoms with Gasteiger partial charge in [0.05, 0.1) is 0 Å². The number of aromatic nitrogens is 2. The van der Waals surface area contributed by atoms with E-state index in [1.54, 1.807) is 13.0 Å². The lowest BCUT2D eigenvalue weighted by atomic mass is 10.2. The van der Waals surface area contributed by atoms with Crippen molar-refractivity contribution in [2.24, 2.45) is 0 Å². The van der Waals surface area contributed by atoms with Gasteiger partial charge in [0.2, 0.25) is 0 Å². The van der Waals surface area contributed by atoms with Crippen LogP contribution in [0.25, 0.3) is 0 Å². The van der Waals surface area contributed by atoms with Gasteiger partial charge in [0.15, 0.2) is 0 Å². The van der Waals surface area contributed by atoms with Crippen LogP contribution in [0, 0.1) is 19.7 Å². The summed E-state index contributed by atoms with van der Waals surface area (Å²) >= 11 is 0. The third-order valence-electron chi connectivity index (χ3n) is 3.35. The fourth-order valence-electron chi connectivity index (χ4n) is 1.96. The summed E-state index contributed by atoms with van der Waals surface area (Å²) in [7, 11) is 1.83. The maximum Gasteiger partial charge on any atom is 0.139 e. The Hall–Kier alpha value is -2.17. The van der Waals surface area contributed by atoms with E-state index in [9.17, 15) is 4.39 Å². The minimum absolute atomic E-state index is 0.216. The molecule has 0 aliphatic heterocycles. The molecule has 0 unspecified atom stereocenters. The third-order valence-corrected chi connectivity index (χ3v) is 3.35. The van der Waals surface area contributed by atoms with E-state index in [4.69, 9.17) is 0 Å². The molecule has 0 bridgehead atoms. The molecular formula is C16H21FN4. The average Bonchev–Trinajstić information content (AvgIpc) is 2.44. The molecule has 0 fully saturated rings. The van der Waals surface area contributed by atoms with Gasteiger partial charge in [-0.2, -0.15) is 0 Å². The normalized spacial score (nSPS) is 10.8. The van der Waals surface area contributed by atoms with Gasteiger partial charge in [-0.15, -0.1) is 0 Å². The zero-order chi connectivity index (χ0) is 15.6. The van der Waals surface area contributed by atoms with Crippen LogP contribution in [0.4, 0.5) is 21.7 Å². The van der Waals surface area contributed by atoms with E-state index in [1.807, 2.05) is 33.9 Å². The van der Waals surface area contributed by atoms with Crippen LogP contribution in [0.5, 0.6) is 0 Å². The van der Waals surface area contributed by atoms with Crippen molar-refractivity contribution in [1.82, 2.24) is 9.97 Å². The number of hydrogen-bond acceptors (Lipinski definition) is 4. The van der Waals surface area contributed by atoms with Gasteiger partial charge in [0.25, 0.3) is 0 Å². The topological polar surface area (TPSA) is 49.8 Å². The molecule has 0 aliphatic carbocycles. The van der Waals surface area contributed by atoms with E-state index >= 15 is 0 Å². The van der Waals surface area contributed by atoms with E-state index in [2.05, 4.69) is 20.6 Å². The molecular weight excluding hydrogens is 267 g/mol. The molecule has 2 rings (SSSR count). The number of hydrogen-bond donors (Lipinski definition) is 2. The first-order valence-corrected chi connectivity index (χ1v) is 7.01. The van der Waals surface area contributed by atoms with Gasteiger partial charge in [-0.3, -0.25) is 0 Å². The Kier molecular flexibility index (Phi) is 4.40. The lowest BCUT2D eigenvalue weighted by Gasteiger charge is -2.15. The molecule has 21 heavy (non-hydrogen) atoms. The summed E-state index contributed by atoms with van der Waals surface area (Å²) in [5.74, 6) is 2.21. The fraction of sp³-hybridized carbons (Fsp3) is 0.375. The number of anilines is 3. The summed E-state index contributed by atoms with van der Waals surface area (Å²) in [5.41, 5.74) is 2.21. The molecule has 112 valence electrons. The monoisotopic (exact) mass is 288 g/mol. The number of nitrogens with zero attached hydrogens (tertiary/aromatic N) is 2. The first-order valence-electron chi connectivity index (χ1n) is 7.01. The van der Waals surface area contributed by atoms with Crippen LogP contribution in [0.3, 0.4) is 0 Å². The summed E-state index contributed by atoms with van der Waals surface area (Å²) in [6.07, 6.45) is 0. The number of halogens is 1. The van der Waals surface area contributed by atoms with Gasteiger partial charge in [-0.25, -0.2) is 14.4 Å². The second-order valence-electron chi connectivity index (χ2n) is 5.40. The highest BCUT2D eigenvalue weighted by Crippen LogP contribution is 2.26. The van der Waals surface area contributed by atoms with E-state index in [-0.39, 0.29) is 11.7 Å². The number of nitrogens with one attached hydrogen (secondary N) is 2. The van der Waals surface area contributed by atoms with Crippen molar-refractivity contribution in [3.63, 3.8) is 0 Å². The van der Waals surface area contributed by atoms with Crippen molar-refractivity contribution in [2.75, 3.05) is 17.7 Å². The van der Waals surface area contributed by atoms with Crippen LogP contribution < -0.4 is 10.6 Å². The largest absolute Gasteiger partial charge is 0.373 e. The molecule has 1 aromatic carbocycles. The molecule has 1 aromatic heterocycles. The SMILES string of the molecule is CNc1nc(C(C)C)nc(Nc2ccc(C)c(F)c2)c1C. The van der Waals surface area contributed by atoms with E-state index in [0.717, 1.165) is 17.2 Å². The molecule has 2 N–H and O–H groups in total. The highest BCUT2D eigenvalue weighted by Gasteiger charge is 2.13. The quantitative estimate of drug-likeness (QED) is 0.887. The van der Waals surface area contributed by atoms with Crippen molar-refractivity contribution in [3.8, 4) is 0 Å². The molecule has 0 saturated carbocycles. The molecule has 0 radical (unpaired) electrons. The fourth-order valence-corrected chi connectivity index (χ4v) is 1.96. The van der Waals surface area contributed by atoms with Crippen LogP contribution in [0.1, 0.15) is 36.7 Å². The summed E-state index contributed by atoms with van der Waals surface area (Å²) in [6.45, 7) is 7.76. The summed E-state index contributed by atoms with van der Waals surface area (Å²) in [6, 6.07) is 5.07. The van der Waals surface area contributed by atoms with Crippen LogP contribution in [0.15, 0.2) is 18.2 Å². The van der Waals surface area contributed by atoms with E-state index < -0.39 is 0 Å². The maximum absolute atomic E-state index is 13.7. The summed E-state index contributed by atoms with van der Waals surface area (Å²) in [5, 5.41) is 6.25. The van der Waals surface area contributed by atoms with Crippen molar-refractivity contribution in [3.05, 3.63) is 41.0 Å². The second-order valence-corrected chi connectivity index (χ2v) is 5.40. The Labute approximate surface area is 124 Å². The second kappa shape index (κ2) is 6.08. The predicted molar refractivity (Wildman–Crippen MR) is 84.8 cm³/mol. The Morgan fingerprint density at radius 3 is 2.33 bits per heavy atom. The molecule has 0 aliphatic rings. The minimum Gasteiger partial charge on any atom is -0.373 e. The highest BCUT2D eigenvalue weighted by molar-refractivity contribution is 5.65. The molecule has 1 heterocycles.